The zero-order valence-electron chi connectivity index (χ0n) is 28.7. The van der Waals surface area contributed by atoms with Gasteiger partial charge in [-0.25, -0.2) is 4.79 Å². The molecule has 4 amide bonds. The van der Waals surface area contributed by atoms with Gasteiger partial charge in [-0.1, -0.05) is 43.6 Å². The zero-order valence-corrected chi connectivity index (χ0v) is 28.7. The highest BCUT2D eigenvalue weighted by molar-refractivity contribution is 6.05. The fourth-order valence-electron chi connectivity index (χ4n) is 7.21. The molecule has 1 aromatic rings. The molecule has 1 unspecified atom stereocenters. The lowest BCUT2D eigenvalue weighted by molar-refractivity contribution is -0.136. The summed E-state index contributed by atoms with van der Waals surface area (Å²) in [4.78, 5) is 57.9. The van der Waals surface area contributed by atoms with Crippen molar-refractivity contribution in [3.05, 3.63) is 34.9 Å². The highest BCUT2D eigenvalue weighted by Gasteiger charge is 2.39. The van der Waals surface area contributed by atoms with Crippen LogP contribution in [0, 0.1) is 11.8 Å². The molecule has 4 heterocycles. The third-order valence-electron chi connectivity index (χ3n) is 9.87. The number of carbonyl (C=O) groups excluding carboxylic acids is 4. The van der Waals surface area contributed by atoms with Crippen molar-refractivity contribution in [2.75, 3.05) is 45.8 Å². The second kappa shape index (κ2) is 16.1. The maximum absolute atomic E-state index is 13.0. The molecule has 0 aliphatic carbocycles. The number of piperidine rings is 2. The number of imide groups is 1. The van der Waals surface area contributed by atoms with Gasteiger partial charge in [-0.2, -0.15) is 0 Å². The van der Waals surface area contributed by atoms with E-state index in [-0.39, 0.29) is 30.2 Å². The van der Waals surface area contributed by atoms with Crippen LogP contribution < -0.4 is 5.32 Å². The number of likely N-dealkylation sites (tertiary alicyclic amines) is 1. The maximum Gasteiger partial charge on any atom is 0.410 e. The molecule has 47 heavy (non-hydrogen) atoms. The Labute approximate surface area is 280 Å². The molecule has 0 bridgehead atoms. The van der Waals surface area contributed by atoms with Gasteiger partial charge in [-0.05, 0) is 77.1 Å². The van der Waals surface area contributed by atoms with Gasteiger partial charge in [-0.3, -0.25) is 24.6 Å². The molecule has 0 saturated carbocycles. The number of rotatable bonds is 10. The summed E-state index contributed by atoms with van der Waals surface area (Å²) in [5.74, 6) is 5.76. The fraction of sp³-hybridized carbons (Fsp3) is 0.676. The fourth-order valence-corrected chi connectivity index (χ4v) is 7.21. The van der Waals surface area contributed by atoms with Crippen molar-refractivity contribution in [2.45, 2.75) is 116 Å². The molecule has 4 aliphatic heterocycles. The van der Waals surface area contributed by atoms with E-state index in [2.05, 4.69) is 27.0 Å². The van der Waals surface area contributed by atoms with Crippen molar-refractivity contribution in [1.82, 2.24) is 24.9 Å². The Balaban J connectivity index is 0.910. The molecule has 5 rings (SSSR count). The normalized spacial score (nSPS) is 21.3. The van der Waals surface area contributed by atoms with Gasteiger partial charge in [0, 0.05) is 75.8 Å². The minimum atomic E-state index is -0.605. The van der Waals surface area contributed by atoms with E-state index >= 15 is 0 Å². The van der Waals surface area contributed by atoms with Crippen molar-refractivity contribution in [1.29, 1.82) is 0 Å². The Hall–Kier alpha value is -3.42. The van der Waals surface area contributed by atoms with Gasteiger partial charge >= 0.3 is 6.09 Å². The average molecular weight is 648 g/mol. The average Bonchev–Trinajstić information content (AvgIpc) is 3.38. The first kappa shape index (κ1) is 34.9. The molecule has 10 heteroatoms. The van der Waals surface area contributed by atoms with Crippen molar-refractivity contribution < 1.29 is 23.9 Å². The molecular formula is C37H53N5O5. The van der Waals surface area contributed by atoms with Crippen LogP contribution >= 0.6 is 0 Å². The molecule has 0 radical (unpaired) electrons. The Morgan fingerprint density at radius 3 is 2.32 bits per heavy atom. The van der Waals surface area contributed by atoms with E-state index in [1.165, 1.54) is 38.6 Å². The van der Waals surface area contributed by atoms with E-state index in [4.69, 9.17) is 4.74 Å². The summed E-state index contributed by atoms with van der Waals surface area (Å²) in [7, 11) is 0. The summed E-state index contributed by atoms with van der Waals surface area (Å²) in [6.07, 6.45) is 10.6. The van der Waals surface area contributed by atoms with E-state index in [9.17, 15) is 19.2 Å². The summed E-state index contributed by atoms with van der Waals surface area (Å²) in [5.41, 5.74) is 1.91. The highest BCUT2D eigenvalue weighted by Crippen LogP contribution is 2.29. The molecule has 4 aliphatic rings. The van der Waals surface area contributed by atoms with Gasteiger partial charge < -0.3 is 19.4 Å². The maximum atomic E-state index is 13.0. The number of nitrogens with zero attached hydrogens (tertiary/aromatic N) is 4. The van der Waals surface area contributed by atoms with Crippen LogP contribution in [0.5, 0.6) is 0 Å². The number of hydrogen-bond acceptors (Lipinski definition) is 7. The number of unbranched alkanes of at least 4 members (excludes halogenated alkanes) is 6. The molecule has 10 nitrogen and oxygen atoms in total. The number of amides is 4. The summed E-state index contributed by atoms with van der Waals surface area (Å²) in [5, 5.41) is 2.36. The minimum Gasteiger partial charge on any atom is -0.444 e. The van der Waals surface area contributed by atoms with E-state index < -0.39 is 11.6 Å². The quantitative estimate of drug-likeness (QED) is 0.226. The van der Waals surface area contributed by atoms with E-state index in [0.29, 0.717) is 24.6 Å². The number of carbonyl (C=O) groups is 4. The van der Waals surface area contributed by atoms with Crippen LogP contribution in [-0.4, -0.2) is 107 Å². The van der Waals surface area contributed by atoms with Crippen molar-refractivity contribution in [3.63, 3.8) is 0 Å². The second-order valence-electron chi connectivity index (χ2n) is 14.5. The molecule has 3 fully saturated rings. The first-order valence-corrected chi connectivity index (χ1v) is 17.8. The Morgan fingerprint density at radius 2 is 1.62 bits per heavy atom. The van der Waals surface area contributed by atoms with Crippen LogP contribution in [0.25, 0.3) is 0 Å². The molecule has 256 valence electrons. The monoisotopic (exact) mass is 647 g/mol. The smallest absolute Gasteiger partial charge is 0.410 e. The topological polar surface area (TPSA) is 102 Å². The van der Waals surface area contributed by atoms with Gasteiger partial charge in [-0.15, -0.1) is 0 Å². The third-order valence-corrected chi connectivity index (χ3v) is 9.87. The van der Waals surface area contributed by atoms with Crippen LogP contribution in [-0.2, 0) is 20.9 Å². The SMILES string of the molecule is CC(C)(C)OC(=O)N1CCC(N2CCN(CCCCCCCCC#Cc3cccc4c3CN(C3CCC(=O)NC3=O)C4=O)CC2)CC1. The summed E-state index contributed by atoms with van der Waals surface area (Å²) in [6.45, 7) is 13.4. The molecule has 1 N–H and O–H groups in total. The van der Waals surface area contributed by atoms with Gasteiger partial charge in [0.05, 0.1) is 0 Å². The Bertz CT molecular complexity index is 1340. The first-order valence-electron chi connectivity index (χ1n) is 17.8. The van der Waals surface area contributed by atoms with Gasteiger partial charge in [0.25, 0.3) is 5.91 Å². The summed E-state index contributed by atoms with van der Waals surface area (Å²) in [6, 6.07) is 5.58. The van der Waals surface area contributed by atoms with Crippen molar-refractivity contribution in [3.8, 4) is 11.8 Å². The van der Waals surface area contributed by atoms with Gasteiger partial charge in [0.2, 0.25) is 11.8 Å². The molecule has 0 spiro atoms. The number of piperazine rings is 1. The van der Waals surface area contributed by atoms with Crippen LogP contribution in [0.3, 0.4) is 0 Å². The van der Waals surface area contributed by atoms with Crippen LogP contribution in [0.4, 0.5) is 4.79 Å². The lowest BCUT2D eigenvalue weighted by atomic mass is 10.0. The highest BCUT2D eigenvalue weighted by atomic mass is 16.6. The summed E-state index contributed by atoms with van der Waals surface area (Å²) < 4.78 is 5.54. The largest absolute Gasteiger partial charge is 0.444 e. The molecular weight excluding hydrogens is 594 g/mol. The van der Waals surface area contributed by atoms with Crippen LogP contribution in [0.1, 0.15) is 113 Å². The van der Waals surface area contributed by atoms with E-state index in [0.717, 1.165) is 76.1 Å². The predicted octanol–water partition coefficient (Wildman–Crippen LogP) is 4.55. The standard InChI is InChI=1S/C37H53N5O5/c1-37(2,3)47-36(46)41-21-18-29(19-22-41)40-25-23-39(24-26-40)20-11-9-7-5-4-6-8-10-13-28-14-12-15-30-31(28)27-42(35(30)45)32-16-17-33(43)38-34(32)44/h12,14-15,29,32H,4-9,11,16-27H2,1-3H3,(H,38,43,44). The number of benzene rings is 1. The summed E-state index contributed by atoms with van der Waals surface area (Å²) >= 11 is 0. The molecule has 3 saturated heterocycles. The Kier molecular flexibility index (Phi) is 12.0. The second-order valence-corrected chi connectivity index (χ2v) is 14.5. The van der Waals surface area contributed by atoms with Crippen molar-refractivity contribution in [2.24, 2.45) is 0 Å². The predicted molar refractivity (Wildman–Crippen MR) is 181 cm³/mol. The number of nitrogens with one attached hydrogen (secondary N) is 1. The third kappa shape index (κ3) is 9.57. The van der Waals surface area contributed by atoms with Crippen LogP contribution in [0.2, 0.25) is 0 Å². The van der Waals surface area contributed by atoms with Crippen molar-refractivity contribution >= 4 is 23.8 Å². The molecule has 0 aromatic heterocycles. The number of ether oxygens (including phenoxy) is 1. The first-order chi connectivity index (χ1) is 22.6. The van der Waals surface area contributed by atoms with E-state index in [1.807, 2.05) is 37.8 Å². The number of fused-ring (bicyclic) bond motifs is 1. The van der Waals surface area contributed by atoms with Gasteiger partial charge in [0.1, 0.15) is 11.6 Å². The van der Waals surface area contributed by atoms with Crippen LogP contribution in [0.15, 0.2) is 18.2 Å². The van der Waals surface area contributed by atoms with E-state index in [1.54, 1.807) is 11.0 Å². The lowest BCUT2D eigenvalue weighted by Gasteiger charge is -2.42. The zero-order chi connectivity index (χ0) is 33.4. The molecule has 1 atom stereocenters. The molecule has 1 aromatic carbocycles. The van der Waals surface area contributed by atoms with Gasteiger partial charge in [0.15, 0.2) is 0 Å². The Morgan fingerprint density at radius 1 is 0.915 bits per heavy atom. The lowest BCUT2D eigenvalue weighted by Crippen LogP contribution is -2.54. The number of hydrogen-bond donors (Lipinski definition) is 1. The minimum absolute atomic E-state index is 0.158.